The Morgan fingerprint density at radius 3 is 1.63 bits per heavy atom. The quantitative estimate of drug-likeness (QED) is 0.272. The Morgan fingerprint density at radius 1 is 0.512 bits per heavy atom. The highest BCUT2D eigenvalue weighted by molar-refractivity contribution is 6.03. The monoisotopic (exact) mass is 525 g/mol. The normalized spacial score (nSPS) is 21.2. The molecule has 0 aliphatic carbocycles. The summed E-state index contributed by atoms with van der Waals surface area (Å²) in [4.78, 5) is 21.8. The van der Waals surface area contributed by atoms with E-state index in [4.69, 9.17) is 20.0 Å². The zero-order chi connectivity index (χ0) is 26.2. The molecule has 8 heteroatoms. The van der Waals surface area contributed by atoms with E-state index in [9.17, 15) is 0 Å². The van der Waals surface area contributed by atoms with Crippen molar-refractivity contribution < 1.29 is 4.58 Å². The fourth-order valence-corrected chi connectivity index (χ4v) is 8.07. The largest absolute Gasteiger partial charge is 0.373 e. The van der Waals surface area contributed by atoms with Gasteiger partial charge in [-0.2, -0.15) is 4.58 Å². The number of fused-ring (bicyclic) bond motifs is 12. The summed E-state index contributed by atoms with van der Waals surface area (Å²) in [7, 11) is 0. The molecule has 4 aromatic carbocycles. The molecule has 0 radical (unpaired) electrons. The smallest absolute Gasteiger partial charge is 0.228 e. The van der Waals surface area contributed by atoms with Gasteiger partial charge in [0.2, 0.25) is 6.17 Å². The number of benzene rings is 4. The molecule has 41 heavy (non-hydrogen) atoms. The highest BCUT2D eigenvalue weighted by Crippen LogP contribution is 2.50. The van der Waals surface area contributed by atoms with Crippen LogP contribution in [0.2, 0.25) is 0 Å². The minimum atomic E-state index is -0.886. The molecule has 12 rings (SSSR count). The van der Waals surface area contributed by atoms with Gasteiger partial charge in [-0.1, -0.05) is 84.9 Å². The van der Waals surface area contributed by atoms with Gasteiger partial charge in [0.1, 0.15) is 5.49 Å². The van der Waals surface area contributed by atoms with Gasteiger partial charge in [0.15, 0.2) is 22.6 Å². The van der Waals surface area contributed by atoms with Gasteiger partial charge in [-0.15, -0.1) is 0 Å². The van der Waals surface area contributed by atoms with Crippen LogP contribution in [0.5, 0.6) is 0 Å². The molecule has 8 nitrogen and oxygen atoms in total. The van der Waals surface area contributed by atoms with Gasteiger partial charge in [-0.3, -0.25) is 0 Å². The van der Waals surface area contributed by atoms with E-state index < -0.39 is 5.91 Å². The Balaban J connectivity index is 1.50. The van der Waals surface area contributed by atoms with E-state index in [-0.39, 0.29) is 6.17 Å². The van der Waals surface area contributed by atoms with Gasteiger partial charge in [0.25, 0.3) is 5.49 Å². The summed E-state index contributed by atoms with van der Waals surface area (Å²) in [6, 6.07) is 34.2. The highest BCUT2D eigenvalue weighted by atomic mass is 15.7. The van der Waals surface area contributed by atoms with Crippen LogP contribution in [-0.2, 0) is 5.91 Å². The molecule has 8 heterocycles. The molecule has 0 amide bonds. The molecule has 0 N–H and O–H groups in total. The number of hydrogen-bond donors (Lipinski definition) is 0. The lowest BCUT2D eigenvalue weighted by atomic mass is 10.1. The summed E-state index contributed by atoms with van der Waals surface area (Å²) in [5.74, 6) is 1.87. The first kappa shape index (κ1) is 19.4. The molecule has 1 spiro atoms. The molecule has 2 atom stereocenters. The van der Waals surface area contributed by atoms with Crippen LogP contribution in [0.15, 0.2) is 117 Å². The number of amidine groups is 1. The lowest BCUT2D eigenvalue weighted by Crippen LogP contribution is -2.72. The zero-order valence-electron chi connectivity index (χ0n) is 21.4. The van der Waals surface area contributed by atoms with Crippen molar-refractivity contribution in [3.05, 3.63) is 130 Å². The van der Waals surface area contributed by atoms with Crippen molar-refractivity contribution in [3.63, 3.8) is 0 Å². The standard InChI is InChI=1S/C33H17N8/c1-2-10-18-17(9-1)25-34-27-19-11-3-4-12-20(19)29-36-31-23-15-7-8-16-24(23)32-37-30-22-14-6-5-13-21(22)28-35-26(18)38(25)33(39(27)29,40(28)30)41(31)32/h1-16,25H/q+1/t25?,33-/m1/s1. The molecular weight excluding hydrogens is 508 g/mol. The molecule has 0 fully saturated rings. The lowest BCUT2D eigenvalue weighted by Gasteiger charge is -2.43. The lowest BCUT2D eigenvalue weighted by molar-refractivity contribution is -0.694. The minimum absolute atomic E-state index is 0.252. The first-order valence-electron chi connectivity index (χ1n) is 13.9. The zero-order valence-corrected chi connectivity index (χ0v) is 21.4. The maximum Gasteiger partial charge on any atom is 0.373 e. The highest BCUT2D eigenvalue weighted by Gasteiger charge is 2.64. The molecule has 7 aromatic rings. The van der Waals surface area contributed by atoms with Crippen molar-refractivity contribution in [1.82, 2.24) is 13.7 Å². The SMILES string of the molecule is c1ccc2c(c1)C1=[N+]3C2N=c2c4ccccc4c4n2[C@]32n3c(c5ccccc5c3N=4)N=c3c4ccccc4c(n32)=N1. The summed E-state index contributed by atoms with van der Waals surface area (Å²) >= 11 is 0. The first-order chi connectivity index (χ1) is 20.4. The Kier molecular flexibility index (Phi) is 2.81. The molecule has 5 aliphatic rings. The van der Waals surface area contributed by atoms with Crippen molar-refractivity contribution in [2.24, 2.45) is 20.0 Å². The van der Waals surface area contributed by atoms with E-state index >= 15 is 0 Å². The van der Waals surface area contributed by atoms with Crippen LogP contribution < -0.4 is 22.0 Å². The minimum Gasteiger partial charge on any atom is -0.228 e. The summed E-state index contributed by atoms with van der Waals surface area (Å²) in [6.07, 6.45) is -0.252. The second kappa shape index (κ2) is 5.93. The Morgan fingerprint density at radius 2 is 1.00 bits per heavy atom. The fourth-order valence-electron chi connectivity index (χ4n) is 8.07. The summed E-state index contributed by atoms with van der Waals surface area (Å²) in [5, 5.41) is 6.57. The van der Waals surface area contributed by atoms with E-state index in [0.717, 1.165) is 77.3 Å². The molecule has 0 bridgehead atoms. The number of rotatable bonds is 0. The van der Waals surface area contributed by atoms with Crippen molar-refractivity contribution in [1.29, 1.82) is 0 Å². The molecule has 0 saturated carbocycles. The van der Waals surface area contributed by atoms with E-state index in [1.807, 2.05) is 0 Å². The molecular formula is C33H17N8+. The predicted octanol–water partition coefficient (Wildman–Crippen LogP) is 3.48. The third-order valence-electron chi connectivity index (χ3n) is 9.55. The average molecular weight is 526 g/mol. The number of aromatic nitrogens is 3. The van der Waals surface area contributed by atoms with Crippen molar-refractivity contribution in [3.8, 4) is 0 Å². The van der Waals surface area contributed by atoms with Crippen LogP contribution in [0, 0.1) is 0 Å². The summed E-state index contributed by atoms with van der Waals surface area (Å²) in [5.41, 5.74) is 5.95. The molecule has 188 valence electrons. The first-order valence-corrected chi connectivity index (χ1v) is 13.9. The van der Waals surface area contributed by atoms with Crippen LogP contribution in [0.1, 0.15) is 17.3 Å². The van der Waals surface area contributed by atoms with Crippen molar-refractivity contribution in [2.75, 3.05) is 0 Å². The fraction of sp³-hybridized carbons (Fsp3) is 0.0606. The van der Waals surface area contributed by atoms with E-state index in [2.05, 4.69) is 115 Å². The Bertz CT molecular complexity index is 2740. The molecule has 1 unspecified atom stereocenters. The van der Waals surface area contributed by atoms with E-state index in [1.165, 1.54) is 5.56 Å². The molecule has 0 saturated heterocycles. The second-order valence-corrected chi connectivity index (χ2v) is 11.3. The van der Waals surface area contributed by atoms with Gasteiger partial charge < -0.3 is 0 Å². The maximum absolute atomic E-state index is 5.50. The summed E-state index contributed by atoms with van der Waals surface area (Å²) in [6.45, 7) is 0. The predicted molar refractivity (Wildman–Crippen MR) is 152 cm³/mol. The van der Waals surface area contributed by atoms with E-state index in [0.29, 0.717) is 0 Å². The summed E-state index contributed by atoms with van der Waals surface area (Å²) < 4.78 is 9.47. The van der Waals surface area contributed by atoms with Gasteiger partial charge in [0, 0.05) is 32.5 Å². The Labute approximate surface area is 230 Å². The van der Waals surface area contributed by atoms with Gasteiger partial charge >= 0.3 is 11.7 Å². The molecule has 3 aromatic heterocycles. The number of hydrogen-bond acceptors (Lipinski definition) is 4. The van der Waals surface area contributed by atoms with Gasteiger partial charge in [-0.25, -0.2) is 28.7 Å². The van der Waals surface area contributed by atoms with E-state index in [1.54, 1.807) is 0 Å². The maximum atomic E-state index is 5.50. The third-order valence-corrected chi connectivity index (χ3v) is 9.55. The van der Waals surface area contributed by atoms with Crippen molar-refractivity contribution in [2.45, 2.75) is 12.1 Å². The second-order valence-electron chi connectivity index (χ2n) is 11.3. The van der Waals surface area contributed by atoms with Gasteiger partial charge in [0.05, 0.1) is 10.9 Å². The average Bonchev–Trinajstić information content (AvgIpc) is 3.74. The van der Waals surface area contributed by atoms with Crippen LogP contribution in [-0.4, -0.2) is 24.1 Å². The Hall–Kier alpha value is -5.63. The topological polar surface area (TPSA) is 67.2 Å². The van der Waals surface area contributed by atoms with Crippen LogP contribution in [0.25, 0.3) is 32.3 Å². The number of nitrogens with zero attached hydrogens (tertiary/aromatic N) is 8. The molecule has 5 aliphatic heterocycles. The van der Waals surface area contributed by atoms with Crippen LogP contribution in [0.4, 0.5) is 11.6 Å². The van der Waals surface area contributed by atoms with Gasteiger partial charge in [-0.05, 0) is 17.1 Å². The van der Waals surface area contributed by atoms with Crippen molar-refractivity contribution >= 4 is 49.8 Å². The van der Waals surface area contributed by atoms with Crippen LogP contribution in [0.3, 0.4) is 0 Å². The van der Waals surface area contributed by atoms with Crippen LogP contribution >= 0.6 is 0 Å². The third kappa shape index (κ3) is 1.78.